The van der Waals surface area contributed by atoms with Crippen LogP contribution >= 0.6 is 11.8 Å². The number of nitrogens with one attached hydrogen (secondary N) is 1. The molecule has 5 aromatic heterocycles. The summed E-state index contributed by atoms with van der Waals surface area (Å²) >= 11 is 1.96. The maximum atomic E-state index is 13.7. The second-order valence-corrected chi connectivity index (χ2v) is 12.2. The molecule has 3 fully saturated rings. The van der Waals surface area contributed by atoms with Crippen LogP contribution in [0, 0.1) is 5.41 Å². The zero-order valence-electron chi connectivity index (χ0n) is 20.8. The Balaban J connectivity index is 0.945. The van der Waals surface area contributed by atoms with Crippen molar-refractivity contribution in [1.82, 2.24) is 39.2 Å². The van der Waals surface area contributed by atoms with Gasteiger partial charge in [0.1, 0.15) is 17.0 Å². The van der Waals surface area contributed by atoms with Crippen molar-refractivity contribution in [3.8, 4) is 16.9 Å². The SMILES string of the molecule is FC12CC(CNCc3ccc4nc(Cn5cc(-c6cncc(-n7cc8c(c7)CSC8)c6)nn5)cn4c3)(C1)C2. The van der Waals surface area contributed by atoms with Crippen molar-refractivity contribution in [1.29, 1.82) is 0 Å². The average Bonchev–Trinajstić information content (AvgIpc) is 3.66. The number of hydrogen-bond acceptors (Lipinski definition) is 6. The second kappa shape index (κ2) is 8.25. The highest BCUT2D eigenvalue weighted by Crippen LogP contribution is 2.69. The van der Waals surface area contributed by atoms with Crippen LogP contribution in [-0.2, 0) is 24.6 Å². The maximum Gasteiger partial charge on any atom is 0.137 e. The number of alkyl halides is 1. The highest BCUT2D eigenvalue weighted by molar-refractivity contribution is 7.98. The molecular weight excluding hydrogens is 499 g/mol. The van der Waals surface area contributed by atoms with E-state index in [0.29, 0.717) is 6.54 Å². The Labute approximate surface area is 223 Å². The molecule has 0 radical (unpaired) electrons. The number of imidazole rings is 1. The molecule has 8 nitrogen and oxygen atoms in total. The lowest BCUT2D eigenvalue weighted by Gasteiger charge is -2.66. The smallest absolute Gasteiger partial charge is 0.137 e. The molecule has 1 aliphatic heterocycles. The summed E-state index contributed by atoms with van der Waals surface area (Å²) < 4.78 is 19.8. The first-order valence-electron chi connectivity index (χ1n) is 13.0. The van der Waals surface area contributed by atoms with Gasteiger partial charge in [0.15, 0.2) is 0 Å². The molecule has 38 heavy (non-hydrogen) atoms. The van der Waals surface area contributed by atoms with Gasteiger partial charge in [0.25, 0.3) is 0 Å². The van der Waals surface area contributed by atoms with E-state index in [4.69, 9.17) is 4.98 Å². The summed E-state index contributed by atoms with van der Waals surface area (Å²) in [5.74, 6) is 2.15. The molecule has 4 aliphatic rings. The van der Waals surface area contributed by atoms with Crippen LogP contribution in [0.2, 0.25) is 0 Å². The van der Waals surface area contributed by atoms with Crippen LogP contribution in [0.3, 0.4) is 0 Å². The van der Waals surface area contributed by atoms with Gasteiger partial charge in [-0.2, -0.15) is 11.8 Å². The number of aromatic nitrogens is 7. The zero-order chi connectivity index (χ0) is 25.3. The largest absolute Gasteiger partial charge is 0.322 e. The minimum absolute atomic E-state index is 0.219. The van der Waals surface area contributed by atoms with Crippen molar-refractivity contribution >= 4 is 17.4 Å². The predicted molar refractivity (Wildman–Crippen MR) is 144 cm³/mol. The minimum atomic E-state index is -0.832. The number of pyridine rings is 2. The standard InChI is InChI=1S/C28H27FN8S/c29-28-15-27(16-28,17-28)18-31-4-19-1-2-26-32-23(10-36(26)7-19)11-37-12-25(33-34-37)20-3-24(6-30-5-20)35-8-21-13-38-14-22(21)9-35/h1-3,5-10,12,31H,4,11,13-18H2. The van der Waals surface area contributed by atoms with Gasteiger partial charge in [-0.1, -0.05) is 11.3 Å². The van der Waals surface area contributed by atoms with Crippen LogP contribution < -0.4 is 5.32 Å². The van der Waals surface area contributed by atoms with Crippen LogP contribution in [0.4, 0.5) is 4.39 Å². The summed E-state index contributed by atoms with van der Waals surface area (Å²) in [7, 11) is 0. The predicted octanol–water partition coefficient (Wildman–Crippen LogP) is 4.56. The lowest BCUT2D eigenvalue weighted by molar-refractivity contribution is -0.209. The first-order chi connectivity index (χ1) is 18.5. The number of fused-ring (bicyclic) bond motifs is 2. The molecule has 5 aromatic rings. The first kappa shape index (κ1) is 22.5. The van der Waals surface area contributed by atoms with E-state index in [1.54, 1.807) is 0 Å². The Morgan fingerprint density at radius 3 is 2.66 bits per heavy atom. The molecule has 0 aromatic carbocycles. The van der Waals surface area contributed by atoms with Gasteiger partial charge in [0, 0.05) is 61.1 Å². The average molecular weight is 527 g/mol. The number of nitrogens with zero attached hydrogens (tertiary/aromatic N) is 7. The van der Waals surface area contributed by atoms with Crippen LogP contribution in [0.25, 0.3) is 22.6 Å². The molecule has 192 valence electrons. The Morgan fingerprint density at radius 1 is 1.00 bits per heavy atom. The Morgan fingerprint density at radius 2 is 1.84 bits per heavy atom. The first-order valence-corrected chi connectivity index (χ1v) is 14.2. The third-order valence-electron chi connectivity index (χ3n) is 8.16. The topological polar surface area (TPSA) is 77.9 Å². The highest BCUT2D eigenvalue weighted by Gasteiger charge is 2.68. The molecule has 2 bridgehead atoms. The van der Waals surface area contributed by atoms with E-state index in [9.17, 15) is 4.39 Å². The van der Waals surface area contributed by atoms with E-state index in [0.717, 1.165) is 72.1 Å². The Hall–Kier alpha value is -3.50. The van der Waals surface area contributed by atoms with E-state index >= 15 is 0 Å². The molecular formula is C28H27FN8S. The van der Waals surface area contributed by atoms with E-state index in [-0.39, 0.29) is 5.41 Å². The van der Waals surface area contributed by atoms with Gasteiger partial charge >= 0.3 is 0 Å². The highest BCUT2D eigenvalue weighted by atomic mass is 32.2. The van der Waals surface area contributed by atoms with Gasteiger partial charge in [-0.3, -0.25) is 4.98 Å². The summed E-state index contributed by atoms with van der Waals surface area (Å²) in [4.78, 5) is 9.22. The van der Waals surface area contributed by atoms with Crippen LogP contribution in [-0.4, -0.2) is 46.1 Å². The van der Waals surface area contributed by atoms with E-state index < -0.39 is 5.67 Å². The minimum Gasteiger partial charge on any atom is -0.322 e. The molecule has 0 spiro atoms. The molecule has 10 heteroatoms. The van der Waals surface area contributed by atoms with Gasteiger partial charge in [-0.05, 0) is 53.5 Å². The van der Waals surface area contributed by atoms with Crippen molar-refractivity contribution in [2.24, 2.45) is 5.41 Å². The molecule has 1 N–H and O–H groups in total. The van der Waals surface area contributed by atoms with E-state index in [1.807, 2.05) is 47.3 Å². The number of hydrogen-bond donors (Lipinski definition) is 1. The summed E-state index contributed by atoms with van der Waals surface area (Å²) in [6.07, 6.45) is 16.4. The number of thioether (sulfide) groups is 1. The van der Waals surface area contributed by atoms with Crippen molar-refractivity contribution < 1.29 is 4.39 Å². The van der Waals surface area contributed by atoms with Gasteiger partial charge in [0.05, 0.1) is 30.3 Å². The van der Waals surface area contributed by atoms with Gasteiger partial charge in [-0.25, -0.2) is 14.1 Å². The summed E-state index contributed by atoms with van der Waals surface area (Å²) in [6.45, 7) is 2.20. The van der Waals surface area contributed by atoms with Gasteiger partial charge in [-0.15, -0.1) is 5.10 Å². The third-order valence-corrected chi connectivity index (χ3v) is 9.19. The van der Waals surface area contributed by atoms with E-state index in [1.165, 1.54) is 16.7 Å². The fourth-order valence-corrected chi connectivity index (χ4v) is 7.46. The summed E-state index contributed by atoms with van der Waals surface area (Å²) in [5.41, 5.74) is 7.95. The molecule has 3 aliphatic carbocycles. The third kappa shape index (κ3) is 3.85. The molecule has 9 rings (SSSR count). The molecule has 0 amide bonds. The van der Waals surface area contributed by atoms with E-state index in [2.05, 4.69) is 60.3 Å². The molecule has 6 heterocycles. The van der Waals surface area contributed by atoms with Crippen molar-refractivity contribution in [2.45, 2.75) is 49.5 Å². The van der Waals surface area contributed by atoms with Gasteiger partial charge in [0.2, 0.25) is 0 Å². The molecule has 0 saturated heterocycles. The summed E-state index contributed by atoms with van der Waals surface area (Å²) in [6, 6.07) is 6.25. The van der Waals surface area contributed by atoms with Crippen molar-refractivity contribution in [2.75, 3.05) is 6.54 Å². The molecule has 0 atom stereocenters. The number of rotatable bonds is 8. The lowest BCUT2D eigenvalue weighted by atomic mass is 9.42. The monoisotopic (exact) mass is 526 g/mol. The molecule has 3 saturated carbocycles. The number of halogens is 1. The normalized spacial score (nSPS) is 23.4. The van der Waals surface area contributed by atoms with Crippen LogP contribution in [0.1, 0.15) is 41.6 Å². The van der Waals surface area contributed by atoms with Crippen molar-refractivity contribution in [3.63, 3.8) is 0 Å². The fourth-order valence-electron chi connectivity index (χ4n) is 6.39. The Kier molecular flexibility index (Phi) is 4.88. The van der Waals surface area contributed by atoms with Crippen molar-refractivity contribution in [3.05, 3.63) is 84.0 Å². The zero-order valence-corrected chi connectivity index (χ0v) is 21.7. The molecule has 0 unspecified atom stereocenters. The maximum absolute atomic E-state index is 13.7. The second-order valence-electron chi connectivity index (χ2n) is 11.3. The fraction of sp³-hybridized carbons (Fsp3) is 0.357. The van der Waals surface area contributed by atoms with Crippen LogP contribution in [0.15, 0.2) is 61.6 Å². The quantitative estimate of drug-likeness (QED) is 0.320. The van der Waals surface area contributed by atoms with Gasteiger partial charge < -0.3 is 14.3 Å². The summed E-state index contributed by atoms with van der Waals surface area (Å²) in [5, 5.41) is 12.3. The van der Waals surface area contributed by atoms with Crippen LogP contribution in [0.5, 0.6) is 0 Å². The Bertz CT molecular complexity index is 1640. The lowest BCUT2D eigenvalue weighted by Crippen LogP contribution is -2.67.